The fraction of sp³-hybridized carbons (Fsp3) is 0.615. The molecule has 0 spiro atoms. The van der Waals surface area contributed by atoms with Crippen LogP contribution in [-0.4, -0.2) is 18.1 Å². The average molecular weight is 234 g/mol. The fourth-order valence-electron chi connectivity index (χ4n) is 2.48. The minimum Gasteiger partial charge on any atom is -0.357 e. The summed E-state index contributed by atoms with van der Waals surface area (Å²) in [6.07, 6.45) is 2.53. The lowest BCUT2D eigenvalue weighted by Gasteiger charge is -2.34. The van der Waals surface area contributed by atoms with E-state index in [-0.39, 0.29) is 0 Å². The van der Waals surface area contributed by atoms with Gasteiger partial charge in [-0.15, -0.1) is 0 Å². The van der Waals surface area contributed by atoms with Crippen LogP contribution in [0.25, 0.3) is 0 Å². The molecular weight excluding hydrogens is 212 g/mol. The molecule has 3 N–H and O–H groups in total. The van der Waals surface area contributed by atoms with Gasteiger partial charge in [-0.25, -0.2) is 10.8 Å². The minimum absolute atomic E-state index is 0.730. The van der Waals surface area contributed by atoms with E-state index < -0.39 is 0 Å². The molecule has 1 aromatic heterocycles. The van der Waals surface area contributed by atoms with E-state index in [0.717, 1.165) is 36.6 Å². The Balaban J connectivity index is 2.00. The highest BCUT2D eigenvalue weighted by molar-refractivity contribution is 5.46. The van der Waals surface area contributed by atoms with Gasteiger partial charge < -0.3 is 10.3 Å². The van der Waals surface area contributed by atoms with E-state index in [1.165, 1.54) is 12.8 Å². The summed E-state index contributed by atoms with van der Waals surface area (Å²) in [4.78, 5) is 6.82. The molecule has 0 amide bonds. The molecule has 1 saturated heterocycles. The van der Waals surface area contributed by atoms with Crippen molar-refractivity contribution in [3.8, 4) is 0 Å². The predicted molar refractivity (Wildman–Crippen MR) is 71.8 cm³/mol. The highest BCUT2D eigenvalue weighted by Gasteiger charge is 2.22. The number of hydrazine groups is 1. The third-order valence-electron chi connectivity index (χ3n) is 3.69. The molecule has 94 valence electrons. The van der Waals surface area contributed by atoms with Crippen LogP contribution < -0.4 is 16.2 Å². The molecule has 1 aliphatic heterocycles. The molecule has 1 fully saturated rings. The molecule has 1 aromatic rings. The van der Waals surface area contributed by atoms with Crippen LogP contribution in [0.4, 0.5) is 11.6 Å². The second-order valence-corrected chi connectivity index (χ2v) is 5.09. The molecule has 1 aliphatic rings. The highest BCUT2D eigenvalue weighted by atomic mass is 15.3. The highest BCUT2D eigenvalue weighted by Crippen LogP contribution is 2.27. The van der Waals surface area contributed by atoms with E-state index in [1.54, 1.807) is 0 Å². The van der Waals surface area contributed by atoms with E-state index in [0.29, 0.717) is 0 Å². The monoisotopic (exact) mass is 234 g/mol. The molecule has 2 heterocycles. The van der Waals surface area contributed by atoms with Gasteiger partial charge in [-0.1, -0.05) is 19.9 Å². The summed E-state index contributed by atoms with van der Waals surface area (Å²) in [6.45, 7) is 6.84. The van der Waals surface area contributed by atoms with Crippen LogP contribution in [0.1, 0.15) is 26.7 Å². The van der Waals surface area contributed by atoms with Crippen LogP contribution in [0.5, 0.6) is 0 Å². The predicted octanol–water partition coefficient (Wildman–Crippen LogP) is 2.24. The second kappa shape index (κ2) is 5.36. The molecule has 4 heteroatoms. The largest absolute Gasteiger partial charge is 0.357 e. The molecule has 0 bridgehead atoms. The molecule has 0 radical (unpaired) electrons. The molecule has 0 saturated carbocycles. The molecule has 4 nitrogen and oxygen atoms in total. The van der Waals surface area contributed by atoms with Gasteiger partial charge in [-0.3, -0.25) is 0 Å². The Morgan fingerprint density at radius 3 is 2.65 bits per heavy atom. The maximum atomic E-state index is 5.38. The minimum atomic E-state index is 0.730. The molecule has 0 unspecified atom stereocenters. The first-order valence-electron chi connectivity index (χ1n) is 6.39. The Hall–Kier alpha value is -1.29. The zero-order valence-electron chi connectivity index (χ0n) is 10.7. The van der Waals surface area contributed by atoms with Crippen molar-refractivity contribution >= 4 is 11.6 Å². The SMILES string of the molecule is CC(C)C1CCN(c2cccc(NN)n2)CC1. The lowest BCUT2D eigenvalue weighted by Crippen LogP contribution is -2.35. The lowest BCUT2D eigenvalue weighted by atomic mass is 9.87. The molecule has 17 heavy (non-hydrogen) atoms. The van der Waals surface area contributed by atoms with Gasteiger partial charge in [0.1, 0.15) is 11.6 Å². The number of anilines is 2. The van der Waals surface area contributed by atoms with Crippen molar-refractivity contribution in [1.82, 2.24) is 4.98 Å². The number of piperidine rings is 1. The quantitative estimate of drug-likeness (QED) is 0.622. The van der Waals surface area contributed by atoms with Gasteiger partial charge in [0, 0.05) is 13.1 Å². The van der Waals surface area contributed by atoms with Gasteiger partial charge in [0.2, 0.25) is 0 Å². The number of rotatable bonds is 3. The van der Waals surface area contributed by atoms with Crippen molar-refractivity contribution in [1.29, 1.82) is 0 Å². The van der Waals surface area contributed by atoms with Crippen molar-refractivity contribution in [2.75, 3.05) is 23.4 Å². The van der Waals surface area contributed by atoms with Crippen LogP contribution in [0, 0.1) is 11.8 Å². The first-order valence-corrected chi connectivity index (χ1v) is 6.39. The maximum Gasteiger partial charge on any atom is 0.142 e. The van der Waals surface area contributed by atoms with Crippen LogP contribution in [0.15, 0.2) is 18.2 Å². The van der Waals surface area contributed by atoms with Crippen LogP contribution in [0.2, 0.25) is 0 Å². The standard InChI is InChI=1S/C13H22N4/c1-10(2)11-6-8-17(9-7-11)13-5-3-4-12(15-13)16-14/h3-5,10-11H,6-9,14H2,1-2H3,(H,15,16). The Morgan fingerprint density at radius 2 is 2.06 bits per heavy atom. The summed E-state index contributed by atoms with van der Waals surface area (Å²) in [5.74, 6) is 8.80. The van der Waals surface area contributed by atoms with Gasteiger partial charge in [0.25, 0.3) is 0 Å². The number of hydrogen-bond acceptors (Lipinski definition) is 4. The third kappa shape index (κ3) is 2.88. The Bertz CT molecular complexity index is 356. The summed E-state index contributed by atoms with van der Waals surface area (Å²) in [7, 11) is 0. The van der Waals surface area contributed by atoms with E-state index in [9.17, 15) is 0 Å². The number of nitrogens with zero attached hydrogens (tertiary/aromatic N) is 2. The van der Waals surface area contributed by atoms with Crippen LogP contribution in [0.3, 0.4) is 0 Å². The number of pyridine rings is 1. The van der Waals surface area contributed by atoms with Crippen LogP contribution >= 0.6 is 0 Å². The van der Waals surface area contributed by atoms with Gasteiger partial charge in [-0.05, 0) is 36.8 Å². The van der Waals surface area contributed by atoms with Gasteiger partial charge in [0.05, 0.1) is 0 Å². The summed E-state index contributed by atoms with van der Waals surface area (Å²) in [5.41, 5.74) is 2.60. The Morgan fingerprint density at radius 1 is 1.35 bits per heavy atom. The average Bonchev–Trinajstić information content (AvgIpc) is 2.39. The summed E-state index contributed by atoms with van der Waals surface area (Å²) in [5, 5.41) is 0. The molecule has 0 aromatic carbocycles. The number of nitrogen functional groups attached to an aromatic ring is 1. The van der Waals surface area contributed by atoms with Crippen molar-refractivity contribution in [3.05, 3.63) is 18.2 Å². The van der Waals surface area contributed by atoms with E-state index >= 15 is 0 Å². The van der Waals surface area contributed by atoms with Crippen LogP contribution in [-0.2, 0) is 0 Å². The zero-order valence-corrected chi connectivity index (χ0v) is 10.7. The smallest absolute Gasteiger partial charge is 0.142 e. The first kappa shape index (κ1) is 12.2. The normalized spacial score (nSPS) is 17.5. The topological polar surface area (TPSA) is 54.2 Å². The fourth-order valence-corrected chi connectivity index (χ4v) is 2.48. The maximum absolute atomic E-state index is 5.38. The summed E-state index contributed by atoms with van der Waals surface area (Å²) < 4.78 is 0. The van der Waals surface area contributed by atoms with E-state index in [4.69, 9.17) is 5.84 Å². The molecule has 0 aliphatic carbocycles. The van der Waals surface area contributed by atoms with Crippen molar-refractivity contribution < 1.29 is 0 Å². The summed E-state index contributed by atoms with van der Waals surface area (Å²) in [6, 6.07) is 5.92. The number of nitrogens with two attached hydrogens (primary N) is 1. The summed E-state index contributed by atoms with van der Waals surface area (Å²) >= 11 is 0. The number of hydrogen-bond donors (Lipinski definition) is 2. The third-order valence-corrected chi connectivity index (χ3v) is 3.69. The Labute approximate surface area is 103 Å². The number of aromatic nitrogens is 1. The van der Waals surface area contributed by atoms with Crippen molar-refractivity contribution in [3.63, 3.8) is 0 Å². The van der Waals surface area contributed by atoms with E-state index in [2.05, 4.69) is 35.2 Å². The van der Waals surface area contributed by atoms with Gasteiger partial charge in [-0.2, -0.15) is 0 Å². The van der Waals surface area contributed by atoms with E-state index in [1.807, 2.05) is 12.1 Å². The molecule has 2 rings (SSSR count). The van der Waals surface area contributed by atoms with Crippen molar-refractivity contribution in [2.24, 2.45) is 17.7 Å². The Kier molecular flexibility index (Phi) is 3.84. The second-order valence-electron chi connectivity index (χ2n) is 5.09. The van der Waals surface area contributed by atoms with Gasteiger partial charge >= 0.3 is 0 Å². The lowest BCUT2D eigenvalue weighted by molar-refractivity contribution is 0.311. The van der Waals surface area contributed by atoms with Gasteiger partial charge in [0.15, 0.2) is 0 Å². The molecular formula is C13H22N4. The first-order chi connectivity index (χ1) is 8.20. The number of nitrogens with one attached hydrogen (secondary N) is 1. The van der Waals surface area contributed by atoms with Crippen molar-refractivity contribution in [2.45, 2.75) is 26.7 Å². The zero-order chi connectivity index (χ0) is 12.3. The molecule has 0 atom stereocenters.